The van der Waals surface area contributed by atoms with Crippen molar-refractivity contribution in [2.24, 2.45) is 0 Å². The molecule has 0 aliphatic heterocycles. The number of hydrogen-bond acceptors (Lipinski definition) is 3. The van der Waals surface area contributed by atoms with Crippen molar-refractivity contribution < 1.29 is 13.9 Å². The highest BCUT2D eigenvalue weighted by molar-refractivity contribution is 7.14. The molecule has 140 valence electrons. The monoisotopic (exact) mass is 413 g/mol. The summed E-state index contributed by atoms with van der Waals surface area (Å²) in [4.78, 5) is 4.65. The Morgan fingerprint density at radius 2 is 1.75 bits per heavy atom. The van der Waals surface area contributed by atoms with Gasteiger partial charge in [-0.3, -0.25) is 4.98 Å². The molecule has 0 saturated heterocycles. The molecule has 1 N–H and O–H groups in total. The average Bonchev–Trinajstić information content (AvgIpc) is 3.12. The number of pyridine rings is 1. The first kappa shape index (κ1) is 18.7. The van der Waals surface area contributed by atoms with E-state index in [1.165, 1.54) is 23.5 Å². The molecule has 0 spiro atoms. The molecule has 4 rings (SSSR count). The molecule has 2 aromatic carbocycles. The first-order valence-corrected chi connectivity index (χ1v) is 9.70. The van der Waals surface area contributed by atoms with Gasteiger partial charge in [-0.2, -0.15) is 0 Å². The van der Waals surface area contributed by atoms with Crippen LogP contribution >= 0.6 is 22.9 Å². The number of aliphatic hydroxyl groups is 1. The second kappa shape index (κ2) is 7.80. The lowest BCUT2D eigenvalue weighted by atomic mass is 9.93. The lowest BCUT2D eigenvalue weighted by molar-refractivity contribution is 0.221. The smallest absolute Gasteiger partial charge is 0.126 e. The van der Waals surface area contributed by atoms with E-state index in [1.54, 1.807) is 36.7 Å². The van der Waals surface area contributed by atoms with Crippen molar-refractivity contribution >= 4 is 22.9 Å². The first-order valence-electron chi connectivity index (χ1n) is 8.44. The number of benzene rings is 2. The van der Waals surface area contributed by atoms with E-state index in [0.29, 0.717) is 26.6 Å². The van der Waals surface area contributed by atoms with Gasteiger partial charge in [0.2, 0.25) is 0 Å². The highest BCUT2D eigenvalue weighted by Gasteiger charge is 2.23. The van der Waals surface area contributed by atoms with E-state index in [4.69, 9.17) is 11.6 Å². The molecular formula is C22H14ClF2NOS. The minimum absolute atomic E-state index is 0.369. The van der Waals surface area contributed by atoms with Gasteiger partial charge in [0, 0.05) is 39.5 Å². The van der Waals surface area contributed by atoms with Crippen LogP contribution in [0.5, 0.6) is 0 Å². The van der Waals surface area contributed by atoms with Gasteiger partial charge < -0.3 is 5.11 Å². The predicted molar refractivity (Wildman–Crippen MR) is 108 cm³/mol. The molecule has 0 bridgehead atoms. The summed E-state index contributed by atoms with van der Waals surface area (Å²) < 4.78 is 27.7. The van der Waals surface area contributed by atoms with Crippen molar-refractivity contribution in [3.05, 3.63) is 100 Å². The fourth-order valence-corrected chi connectivity index (χ4v) is 4.42. The van der Waals surface area contributed by atoms with Crippen molar-refractivity contribution in [3.63, 3.8) is 0 Å². The number of thiophene rings is 1. The largest absolute Gasteiger partial charge is 0.384 e. The fourth-order valence-electron chi connectivity index (χ4n) is 3.13. The molecule has 0 fully saturated rings. The molecule has 0 aliphatic rings. The quantitative estimate of drug-likeness (QED) is 0.414. The van der Waals surface area contributed by atoms with Crippen molar-refractivity contribution in [3.8, 4) is 21.6 Å². The molecule has 0 radical (unpaired) electrons. The van der Waals surface area contributed by atoms with Crippen LogP contribution < -0.4 is 0 Å². The van der Waals surface area contributed by atoms with Crippen LogP contribution in [-0.4, -0.2) is 10.1 Å². The van der Waals surface area contributed by atoms with Crippen LogP contribution in [0.1, 0.15) is 17.2 Å². The minimum atomic E-state index is -1.02. The maximum absolute atomic E-state index is 13.8. The van der Waals surface area contributed by atoms with Gasteiger partial charge in [0.05, 0.1) is 0 Å². The second-order valence-corrected chi connectivity index (χ2v) is 7.57. The summed E-state index contributed by atoms with van der Waals surface area (Å²) in [6.45, 7) is 0. The minimum Gasteiger partial charge on any atom is -0.384 e. The molecule has 1 atom stereocenters. The number of aliphatic hydroxyl groups excluding tert-OH is 1. The van der Waals surface area contributed by atoms with Crippen LogP contribution in [0.15, 0.2) is 72.4 Å². The molecule has 4 aromatic rings. The molecular weight excluding hydrogens is 400 g/mol. The molecule has 0 aliphatic carbocycles. The van der Waals surface area contributed by atoms with Crippen LogP contribution in [0.25, 0.3) is 21.6 Å². The van der Waals surface area contributed by atoms with Gasteiger partial charge in [0.15, 0.2) is 0 Å². The van der Waals surface area contributed by atoms with E-state index in [-0.39, 0.29) is 0 Å². The van der Waals surface area contributed by atoms with Crippen LogP contribution in [0.2, 0.25) is 5.02 Å². The Kier molecular flexibility index (Phi) is 5.22. The zero-order chi connectivity index (χ0) is 19.7. The Morgan fingerprint density at radius 1 is 0.964 bits per heavy atom. The third-order valence-corrected chi connectivity index (χ3v) is 5.64. The Labute approximate surface area is 169 Å². The standard InChI is InChI=1S/C22H14ClF2NOS/c23-16-5-1-3-13(7-16)19-12-28-22(15-8-17(24)10-18(25)9-15)20(19)21(27)14-4-2-6-26-11-14/h1-12,21,27H. The van der Waals surface area contributed by atoms with Gasteiger partial charge in [-0.25, -0.2) is 8.78 Å². The summed E-state index contributed by atoms with van der Waals surface area (Å²) >= 11 is 7.45. The van der Waals surface area contributed by atoms with Crippen LogP contribution in [-0.2, 0) is 0 Å². The predicted octanol–water partition coefficient (Wildman–Crippen LogP) is 6.49. The lowest BCUT2D eigenvalue weighted by Gasteiger charge is -2.16. The highest BCUT2D eigenvalue weighted by atomic mass is 35.5. The van der Waals surface area contributed by atoms with Gasteiger partial charge in [-0.1, -0.05) is 29.8 Å². The molecule has 2 aromatic heterocycles. The third-order valence-electron chi connectivity index (χ3n) is 4.36. The number of hydrogen-bond donors (Lipinski definition) is 1. The van der Waals surface area contributed by atoms with Crippen molar-refractivity contribution in [2.45, 2.75) is 6.10 Å². The maximum atomic E-state index is 13.8. The second-order valence-electron chi connectivity index (χ2n) is 6.25. The maximum Gasteiger partial charge on any atom is 0.126 e. The molecule has 6 heteroatoms. The molecule has 28 heavy (non-hydrogen) atoms. The molecule has 1 unspecified atom stereocenters. The Balaban J connectivity index is 1.94. The molecule has 0 saturated carbocycles. The van der Waals surface area contributed by atoms with E-state index in [1.807, 2.05) is 17.5 Å². The zero-order valence-electron chi connectivity index (χ0n) is 14.4. The Morgan fingerprint density at radius 3 is 2.43 bits per heavy atom. The number of halogens is 3. The number of rotatable bonds is 4. The zero-order valence-corrected chi connectivity index (χ0v) is 16.0. The fraction of sp³-hybridized carbons (Fsp3) is 0.0455. The summed E-state index contributed by atoms with van der Waals surface area (Å²) in [5.41, 5.74) is 3.08. The summed E-state index contributed by atoms with van der Waals surface area (Å²) in [7, 11) is 0. The molecule has 2 nitrogen and oxygen atoms in total. The highest BCUT2D eigenvalue weighted by Crippen LogP contribution is 2.44. The topological polar surface area (TPSA) is 33.1 Å². The van der Waals surface area contributed by atoms with Crippen molar-refractivity contribution in [1.82, 2.24) is 4.98 Å². The van der Waals surface area contributed by atoms with E-state index >= 15 is 0 Å². The van der Waals surface area contributed by atoms with Crippen LogP contribution in [0, 0.1) is 11.6 Å². The SMILES string of the molecule is OC(c1cccnc1)c1c(-c2cccc(Cl)c2)csc1-c1cc(F)cc(F)c1. The number of aromatic nitrogens is 1. The van der Waals surface area contributed by atoms with Gasteiger partial charge in [0.25, 0.3) is 0 Å². The first-order chi connectivity index (χ1) is 13.5. The van der Waals surface area contributed by atoms with E-state index in [9.17, 15) is 13.9 Å². The molecule has 0 amide bonds. The summed E-state index contributed by atoms with van der Waals surface area (Å²) in [5, 5.41) is 13.5. The van der Waals surface area contributed by atoms with Gasteiger partial charge >= 0.3 is 0 Å². The molecule has 2 heterocycles. The lowest BCUT2D eigenvalue weighted by Crippen LogP contribution is -2.02. The van der Waals surface area contributed by atoms with E-state index in [2.05, 4.69) is 4.98 Å². The Bertz CT molecular complexity index is 1110. The van der Waals surface area contributed by atoms with Gasteiger partial charge in [-0.15, -0.1) is 11.3 Å². The summed E-state index contributed by atoms with van der Waals surface area (Å²) in [6, 6.07) is 14.1. The average molecular weight is 414 g/mol. The Hall–Kier alpha value is -2.60. The van der Waals surface area contributed by atoms with E-state index in [0.717, 1.165) is 17.2 Å². The normalized spacial score (nSPS) is 12.1. The van der Waals surface area contributed by atoms with Crippen LogP contribution in [0.4, 0.5) is 8.78 Å². The van der Waals surface area contributed by atoms with Crippen molar-refractivity contribution in [2.75, 3.05) is 0 Å². The van der Waals surface area contributed by atoms with Gasteiger partial charge in [0.1, 0.15) is 17.7 Å². The third kappa shape index (κ3) is 3.69. The van der Waals surface area contributed by atoms with Gasteiger partial charge in [-0.05, 0) is 52.4 Å². The van der Waals surface area contributed by atoms with Crippen LogP contribution in [0.3, 0.4) is 0 Å². The van der Waals surface area contributed by atoms with Crippen molar-refractivity contribution in [1.29, 1.82) is 0 Å². The summed E-state index contributed by atoms with van der Waals surface area (Å²) in [5.74, 6) is -1.34. The summed E-state index contributed by atoms with van der Waals surface area (Å²) in [6.07, 6.45) is 2.17. The number of nitrogens with zero attached hydrogens (tertiary/aromatic N) is 1. The van der Waals surface area contributed by atoms with E-state index < -0.39 is 17.7 Å².